The summed E-state index contributed by atoms with van der Waals surface area (Å²) in [5.74, 6) is 0.711. The van der Waals surface area contributed by atoms with Crippen LogP contribution in [0.25, 0.3) is 0 Å². The van der Waals surface area contributed by atoms with Crippen LogP contribution in [0.2, 0.25) is 5.02 Å². The Morgan fingerprint density at radius 2 is 2.05 bits per heavy atom. The number of aliphatic hydroxyl groups is 1. The third-order valence-electron chi connectivity index (χ3n) is 9.38. The van der Waals surface area contributed by atoms with Crippen molar-refractivity contribution < 1.29 is 19.7 Å². The molecule has 196 valence electrons. The van der Waals surface area contributed by atoms with Gasteiger partial charge in [-0.05, 0) is 105 Å². The highest BCUT2D eigenvalue weighted by Gasteiger charge is 2.45. The number of carboxylic acid groups (broad SMARTS) is 1. The van der Waals surface area contributed by atoms with Gasteiger partial charge in [-0.3, -0.25) is 0 Å². The molecule has 3 aliphatic carbocycles. The van der Waals surface area contributed by atoms with Gasteiger partial charge in [-0.25, -0.2) is 4.79 Å². The molecule has 2 aromatic carbocycles. The molecule has 1 heterocycles. The lowest BCUT2D eigenvalue weighted by Gasteiger charge is -2.46. The number of nitrogens with zero attached hydrogens (tertiary/aromatic N) is 1. The molecule has 0 bridgehead atoms. The van der Waals surface area contributed by atoms with Crippen LogP contribution in [0.15, 0.2) is 48.6 Å². The molecule has 1 saturated carbocycles. The van der Waals surface area contributed by atoms with E-state index in [1.165, 1.54) is 11.1 Å². The number of fused-ring (bicyclic) bond motifs is 3. The largest absolute Gasteiger partial charge is 0.490 e. The number of ether oxygens (including phenoxy) is 1. The van der Waals surface area contributed by atoms with Crippen LogP contribution in [0, 0.1) is 17.8 Å². The normalized spacial score (nSPS) is 29.5. The average Bonchev–Trinajstić information content (AvgIpc) is 3.04. The number of allylic oxidation sites excluding steroid dienone is 1. The molecule has 37 heavy (non-hydrogen) atoms. The standard InChI is InChI=1S/C31H36ClNO4/c32-24-10-12-26-21(15-24)7-4-14-31(26)18-33(27-16-22(30(35)36)9-13-28(27)37-19-31)17-23-8-11-25(23)29(34)20-5-2-1-3-6-20/h2,5,9-10,12-13,15-16,20,23,25,29,34H,1,3-4,6-8,11,14,17-19H2,(H,35,36)/t20-,23+,25-,29-,31?/m1/s1. The lowest BCUT2D eigenvalue weighted by Crippen LogP contribution is -2.50. The van der Waals surface area contributed by atoms with Gasteiger partial charge in [0.15, 0.2) is 0 Å². The van der Waals surface area contributed by atoms with Crippen LogP contribution in [0.5, 0.6) is 5.75 Å². The van der Waals surface area contributed by atoms with E-state index >= 15 is 0 Å². The Kier molecular flexibility index (Phi) is 6.70. The van der Waals surface area contributed by atoms with Gasteiger partial charge in [0.25, 0.3) is 0 Å². The van der Waals surface area contributed by atoms with E-state index in [1.807, 2.05) is 12.1 Å². The smallest absolute Gasteiger partial charge is 0.335 e. The number of aromatic carboxylic acids is 1. The summed E-state index contributed by atoms with van der Waals surface area (Å²) in [5.41, 5.74) is 3.54. The number of hydrogen-bond donors (Lipinski definition) is 2. The monoisotopic (exact) mass is 521 g/mol. The number of carboxylic acids is 1. The number of hydrogen-bond acceptors (Lipinski definition) is 4. The molecular weight excluding hydrogens is 486 g/mol. The van der Waals surface area contributed by atoms with E-state index in [-0.39, 0.29) is 28.9 Å². The SMILES string of the molecule is O=C(O)c1ccc2c(c1)N(C[C@@H]1CC[C@H]1[C@H](O)[C@@H]1C=CCCC1)CC1(CCCc3cc(Cl)ccc31)CO2. The second-order valence-electron chi connectivity index (χ2n) is 11.6. The van der Waals surface area contributed by atoms with Crippen LogP contribution in [0.4, 0.5) is 5.69 Å². The molecule has 1 spiro atoms. The Balaban J connectivity index is 1.34. The van der Waals surface area contributed by atoms with Gasteiger partial charge in [0, 0.05) is 29.4 Å². The van der Waals surface area contributed by atoms with Crippen molar-refractivity contribution in [3.8, 4) is 5.75 Å². The molecule has 6 heteroatoms. The molecule has 2 N–H and O–H groups in total. The molecule has 0 amide bonds. The number of anilines is 1. The first-order valence-corrected chi connectivity index (χ1v) is 14.2. The quantitative estimate of drug-likeness (QED) is 0.455. The van der Waals surface area contributed by atoms with E-state index < -0.39 is 5.97 Å². The van der Waals surface area contributed by atoms with Crippen molar-refractivity contribution >= 4 is 23.3 Å². The maximum absolute atomic E-state index is 11.9. The average molecular weight is 522 g/mol. The van der Waals surface area contributed by atoms with Crippen LogP contribution < -0.4 is 9.64 Å². The summed E-state index contributed by atoms with van der Waals surface area (Å²) in [6.07, 6.45) is 12.7. The number of carbonyl (C=O) groups is 1. The van der Waals surface area contributed by atoms with Crippen molar-refractivity contribution in [1.82, 2.24) is 0 Å². The van der Waals surface area contributed by atoms with Crippen molar-refractivity contribution in [1.29, 1.82) is 0 Å². The number of benzene rings is 2. The maximum atomic E-state index is 11.9. The van der Waals surface area contributed by atoms with E-state index in [9.17, 15) is 15.0 Å². The predicted octanol–water partition coefficient (Wildman–Crippen LogP) is 6.25. The van der Waals surface area contributed by atoms with E-state index in [0.29, 0.717) is 12.5 Å². The minimum atomic E-state index is -0.930. The minimum Gasteiger partial charge on any atom is -0.490 e. The summed E-state index contributed by atoms with van der Waals surface area (Å²) in [7, 11) is 0. The highest BCUT2D eigenvalue weighted by atomic mass is 35.5. The lowest BCUT2D eigenvalue weighted by atomic mass is 9.66. The highest BCUT2D eigenvalue weighted by molar-refractivity contribution is 6.30. The first kappa shape index (κ1) is 24.8. The summed E-state index contributed by atoms with van der Waals surface area (Å²) >= 11 is 6.36. The Labute approximate surface area is 224 Å². The van der Waals surface area contributed by atoms with Crippen LogP contribution in [-0.2, 0) is 11.8 Å². The number of aryl methyl sites for hydroxylation is 1. The first-order chi connectivity index (χ1) is 17.9. The summed E-state index contributed by atoms with van der Waals surface area (Å²) in [6.45, 7) is 2.11. The molecular formula is C31H36ClNO4. The molecule has 0 radical (unpaired) electrons. The summed E-state index contributed by atoms with van der Waals surface area (Å²) < 4.78 is 6.47. The maximum Gasteiger partial charge on any atom is 0.335 e. The summed E-state index contributed by atoms with van der Waals surface area (Å²) in [4.78, 5) is 14.2. The van der Waals surface area contributed by atoms with Crippen molar-refractivity contribution in [3.05, 3.63) is 70.3 Å². The third kappa shape index (κ3) is 4.66. The van der Waals surface area contributed by atoms with E-state index in [0.717, 1.165) is 80.9 Å². The number of halogens is 1. The lowest BCUT2D eigenvalue weighted by molar-refractivity contribution is -0.0131. The second kappa shape index (κ2) is 9.99. The number of rotatable bonds is 5. The van der Waals surface area contributed by atoms with Crippen molar-refractivity contribution in [3.63, 3.8) is 0 Å². The fraction of sp³-hybridized carbons (Fsp3) is 0.516. The zero-order chi connectivity index (χ0) is 25.6. The van der Waals surface area contributed by atoms with E-state index in [2.05, 4.69) is 29.2 Å². The minimum absolute atomic E-state index is 0.190. The molecule has 4 aliphatic rings. The molecule has 1 unspecified atom stereocenters. The molecule has 1 fully saturated rings. The third-order valence-corrected chi connectivity index (χ3v) is 9.62. The molecule has 0 aromatic heterocycles. The van der Waals surface area contributed by atoms with Gasteiger partial charge in [-0.1, -0.05) is 29.8 Å². The van der Waals surface area contributed by atoms with E-state index in [1.54, 1.807) is 12.1 Å². The van der Waals surface area contributed by atoms with Gasteiger partial charge in [0.1, 0.15) is 5.75 Å². The van der Waals surface area contributed by atoms with Gasteiger partial charge >= 0.3 is 5.97 Å². The zero-order valence-corrected chi connectivity index (χ0v) is 22.0. The molecule has 5 atom stereocenters. The van der Waals surface area contributed by atoms with E-state index in [4.69, 9.17) is 16.3 Å². The van der Waals surface area contributed by atoms with Gasteiger partial charge in [0.05, 0.1) is 24.0 Å². The van der Waals surface area contributed by atoms with Gasteiger partial charge in [-0.2, -0.15) is 0 Å². The highest BCUT2D eigenvalue weighted by Crippen LogP contribution is 2.47. The van der Waals surface area contributed by atoms with Crippen LogP contribution >= 0.6 is 11.6 Å². The van der Waals surface area contributed by atoms with Crippen molar-refractivity contribution in [2.24, 2.45) is 17.8 Å². The van der Waals surface area contributed by atoms with Crippen LogP contribution in [-0.4, -0.2) is 42.0 Å². The molecule has 6 rings (SSSR count). The Morgan fingerprint density at radius 1 is 1.16 bits per heavy atom. The summed E-state index contributed by atoms with van der Waals surface area (Å²) in [6, 6.07) is 11.5. The van der Waals surface area contributed by atoms with Crippen LogP contribution in [0.3, 0.4) is 0 Å². The molecule has 2 aromatic rings. The Hall–Kier alpha value is -2.50. The second-order valence-corrected chi connectivity index (χ2v) is 12.0. The predicted molar refractivity (Wildman–Crippen MR) is 146 cm³/mol. The Bertz CT molecular complexity index is 1210. The first-order valence-electron chi connectivity index (χ1n) is 13.8. The molecule has 0 saturated heterocycles. The van der Waals surface area contributed by atoms with Crippen molar-refractivity contribution in [2.75, 3.05) is 24.6 Å². The van der Waals surface area contributed by atoms with Crippen molar-refractivity contribution in [2.45, 2.75) is 62.9 Å². The molecule has 1 aliphatic heterocycles. The number of aliphatic hydroxyl groups excluding tert-OH is 1. The van der Waals surface area contributed by atoms with Gasteiger partial charge in [-0.15, -0.1) is 0 Å². The Morgan fingerprint density at radius 3 is 2.81 bits per heavy atom. The van der Waals surface area contributed by atoms with Crippen LogP contribution in [0.1, 0.15) is 66.4 Å². The zero-order valence-electron chi connectivity index (χ0n) is 21.2. The van der Waals surface area contributed by atoms with Gasteiger partial charge in [0.2, 0.25) is 0 Å². The fourth-order valence-electron chi connectivity index (χ4n) is 7.24. The molecule has 5 nitrogen and oxygen atoms in total. The fourth-order valence-corrected chi connectivity index (χ4v) is 7.44. The van der Waals surface area contributed by atoms with Gasteiger partial charge < -0.3 is 19.8 Å². The summed E-state index contributed by atoms with van der Waals surface area (Å²) in [5, 5.41) is 21.8. The topological polar surface area (TPSA) is 70.0 Å².